The minimum Gasteiger partial charge on any atom is -0.507 e. The van der Waals surface area contributed by atoms with Gasteiger partial charge in [0.2, 0.25) is 0 Å². The molecular formula is C16H17NO2. The predicted molar refractivity (Wildman–Crippen MR) is 77.8 cm³/mol. The number of phenols is 1. The van der Waals surface area contributed by atoms with E-state index in [9.17, 15) is 5.11 Å². The molecule has 0 saturated carbocycles. The average molecular weight is 255 g/mol. The van der Waals surface area contributed by atoms with E-state index in [1.54, 1.807) is 31.5 Å². The number of hydrogen-bond acceptors (Lipinski definition) is 3. The van der Waals surface area contributed by atoms with E-state index in [4.69, 9.17) is 4.74 Å². The second-order valence-electron chi connectivity index (χ2n) is 4.40. The number of nitrogens with zero attached hydrogens (tertiary/aromatic N) is 1. The first-order chi connectivity index (χ1) is 9.11. The second-order valence-corrected chi connectivity index (χ2v) is 4.40. The molecule has 2 aromatic carbocycles. The van der Waals surface area contributed by atoms with Crippen LogP contribution in [0.4, 0.5) is 5.69 Å². The van der Waals surface area contributed by atoms with Crippen LogP contribution < -0.4 is 4.74 Å². The highest BCUT2D eigenvalue weighted by Gasteiger charge is 2.02. The van der Waals surface area contributed by atoms with Crippen molar-refractivity contribution in [2.24, 2.45) is 4.99 Å². The number of phenolic OH excluding ortho intramolecular Hbond substituents is 1. The molecule has 3 nitrogen and oxygen atoms in total. The Morgan fingerprint density at radius 1 is 1.16 bits per heavy atom. The maximum absolute atomic E-state index is 9.79. The molecule has 19 heavy (non-hydrogen) atoms. The smallest absolute Gasteiger partial charge is 0.124 e. The van der Waals surface area contributed by atoms with E-state index in [1.165, 1.54) is 5.56 Å². The van der Waals surface area contributed by atoms with Crippen molar-refractivity contribution in [1.29, 1.82) is 0 Å². The van der Waals surface area contributed by atoms with Gasteiger partial charge in [-0.1, -0.05) is 12.1 Å². The van der Waals surface area contributed by atoms with Crippen molar-refractivity contribution in [3.05, 3.63) is 53.1 Å². The zero-order valence-corrected chi connectivity index (χ0v) is 11.3. The van der Waals surface area contributed by atoms with Gasteiger partial charge in [-0.25, -0.2) is 0 Å². The molecule has 0 spiro atoms. The van der Waals surface area contributed by atoms with Gasteiger partial charge in [-0.2, -0.15) is 0 Å². The third-order valence-electron chi connectivity index (χ3n) is 3.15. The van der Waals surface area contributed by atoms with Crippen LogP contribution in [0.3, 0.4) is 0 Å². The molecule has 0 heterocycles. The largest absolute Gasteiger partial charge is 0.507 e. The standard InChI is InChI=1S/C16H17NO2/c1-11-5-4-6-15(12(11)2)17-10-13-9-14(19-3)7-8-16(13)18/h4-10,18H,1-3H3. The Kier molecular flexibility index (Phi) is 3.85. The van der Waals surface area contributed by atoms with E-state index in [2.05, 4.69) is 18.0 Å². The summed E-state index contributed by atoms with van der Waals surface area (Å²) in [5.41, 5.74) is 3.88. The van der Waals surface area contributed by atoms with E-state index in [0.29, 0.717) is 11.3 Å². The van der Waals surface area contributed by atoms with Crippen LogP contribution in [0.1, 0.15) is 16.7 Å². The number of aryl methyl sites for hydroxylation is 1. The summed E-state index contributed by atoms with van der Waals surface area (Å²) >= 11 is 0. The normalized spacial score (nSPS) is 10.9. The molecular weight excluding hydrogens is 238 g/mol. The molecule has 0 unspecified atom stereocenters. The van der Waals surface area contributed by atoms with E-state index < -0.39 is 0 Å². The summed E-state index contributed by atoms with van der Waals surface area (Å²) in [5, 5.41) is 9.79. The molecule has 0 atom stereocenters. The lowest BCUT2D eigenvalue weighted by molar-refractivity contribution is 0.412. The first-order valence-corrected chi connectivity index (χ1v) is 6.09. The van der Waals surface area contributed by atoms with Crippen LogP contribution in [0.25, 0.3) is 0 Å². The first kappa shape index (κ1) is 13.1. The lowest BCUT2D eigenvalue weighted by Gasteiger charge is -2.05. The second kappa shape index (κ2) is 5.57. The van der Waals surface area contributed by atoms with Crippen LogP contribution in [0, 0.1) is 13.8 Å². The van der Waals surface area contributed by atoms with Crippen molar-refractivity contribution >= 4 is 11.9 Å². The molecule has 0 aliphatic rings. The first-order valence-electron chi connectivity index (χ1n) is 6.09. The third-order valence-corrected chi connectivity index (χ3v) is 3.15. The minimum atomic E-state index is 0.190. The number of aromatic hydroxyl groups is 1. The Morgan fingerprint density at radius 3 is 2.68 bits per heavy atom. The molecule has 0 aliphatic carbocycles. The molecule has 98 valence electrons. The molecule has 2 rings (SSSR count). The lowest BCUT2D eigenvalue weighted by atomic mass is 10.1. The maximum Gasteiger partial charge on any atom is 0.124 e. The molecule has 2 aromatic rings. The number of ether oxygens (including phenoxy) is 1. The number of methoxy groups -OCH3 is 1. The number of hydrogen-bond donors (Lipinski definition) is 1. The highest BCUT2D eigenvalue weighted by atomic mass is 16.5. The van der Waals surface area contributed by atoms with E-state index in [1.807, 2.05) is 19.1 Å². The van der Waals surface area contributed by atoms with Crippen molar-refractivity contribution < 1.29 is 9.84 Å². The SMILES string of the molecule is COc1ccc(O)c(C=Nc2cccc(C)c2C)c1. The van der Waals surface area contributed by atoms with Crippen LogP contribution in [0.2, 0.25) is 0 Å². The molecule has 0 aliphatic heterocycles. The van der Waals surface area contributed by atoms with Crippen molar-refractivity contribution in [2.75, 3.05) is 7.11 Å². The molecule has 0 radical (unpaired) electrons. The highest BCUT2D eigenvalue weighted by molar-refractivity contribution is 5.86. The van der Waals surface area contributed by atoms with Gasteiger partial charge in [-0.3, -0.25) is 4.99 Å². The van der Waals surface area contributed by atoms with Gasteiger partial charge in [-0.05, 0) is 49.2 Å². The van der Waals surface area contributed by atoms with Crippen molar-refractivity contribution in [3.63, 3.8) is 0 Å². The lowest BCUT2D eigenvalue weighted by Crippen LogP contribution is -1.87. The Labute approximate surface area is 113 Å². The Balaban J connectivity index is 2.35. The topological polar surface area (TPSA) is 41.8 Å². The van der Waals surface area contributed by atoms with Crippen LogP contribution in [-0.4, -0.2) is 18.4 Å². The quantitative estimate of drug-likeness (QED) is 0.848. The van der Waals surface area contributed by atoms with Gasteiger partial charge in [0.05, 0.1) is 12.8 Å². The van der Waals surface area contributed by atoms with E-state index >= 15 is 0 Å². The van der Waals surface area contributed by atoms with Gasteiger partial charge >= 0.3 is 0 Å². The fraction of sp³-hybridized carbons (Fsp3) is 0.188. The minimum absolute atomic E-state index is 0.190. The number of aliphatic imine (C=N–C) groups is 1. The van der Waals surface area contributed by atoms with Gasteiger partial charge < -0.3 is 9.84 Å². The summed E-state index contributed by atoms with van der Waals surface area (Å²) < 4.78 is 5.13. The summed E-state index contributed by atoms with van der Waals surface area (Å²) in [6, 6.07) is 11.0. The molecule has 0 saturated heterocycles. The molecule has 3 heteroatoms. The summed E-state index contributed by atoms with van der Waals surface area (Å²) in [4.78, 5) is 4.43. The van der Waals surface area contributed by atoms with Crippen molar-refractivity contribution in [3.8, 4) is 11.5 Å². The summed E-state index contributed by atoms with van der Waals surface area (Å²) in [6.07, 6.45) is 1.65. The molecule has 0 aromatic heterocycles. The van der Waals surface area contributed by atoms with Crippen LogP contribution >= 0.6 is 0 Å². The molecule has 0 amide bonds. The Hall–Kier alpha value is -2.29. The van der Waals surface area contributed by atoms with Crippen LogP contribution in [0.5, 0.6) is 11.5 Å². The molecule has 0 bridgehead atoms. The van der Waals surface area contributed by atoms with Crippen LogP contribution in [-0.2, 0) is 0 Å². The van der Waals surface area contributed by atoms with Crippen LogP contribution in [0.15, 0.2) is 41.4 Å². The third kappa shape index (κ3) is 2.94. The van der Waals surface area contributed by atoms with Crippen molar-refractivity contribution in [2.45, 2.75) is 13.8 Å². The Bertz CT molecular complexity index is 618. The van der Waals surface area contributed by atoms with E-state index in [-0.39, 0.29) is 5.75 Å². The van der Waals surface area contributed by atoms with Gasteiger partial charge in [0.15, 0.2) is 0 Å². The van der Waals surface area contributed by atoms with Gasteiger partial charge in [-0.15, -0.1) is 0 Å². The monoisotopic (exact) mass is 255 g/mol. The van der Waals surface area contributed by atoms with E-state index in [0.717, 1.165) is 11.3 Å². The van der Waals surface area contributed by atoms with Gasteiger partial charge in [0, 0.05) is 11.8 Å². The maximum atomic E-state index is 9.79. The fourth-order valence-electron chi connectivity index (χ4n) is 1.78. The van der Waals surface area contributed by atoms with Gasteiger partial charge in [0.25, 0.3) is 0 Å². The molecule has 0 fully saturated rings. The zero-order chi connectivity index (χ0) is 13.8. The summed E-state index contributed by atoms with van der Waals surface area (Å²) in [5.74, 6) is 0.884. The number of benzene rings is 2. The predicted octanol–water partition coefficient (Wildman–Crippen LogP) is 3.77. The summed E-state index contributed by atoms with van der Waals surface area (Å²) in [7, 11) is 1.60. The average Bonchev–Trinajstić information content (AvgIpc) is 2.42. The fourth-order valence-corrected chi connectivity index (χ4v) is 1.78. The van der Waals surface area contributed by atoms with Crippen molar-refractivity contribution in [1.82, 2.24) is 0 Å². The highest BCUT2D eigenvalue weighted by Crippen LogP contribution is 2.24. The summed E-state index contributed by atoms with van der Waals surface area (Å²) in [6.45, 7) is 4.09. The Morgan fingerprint density at radius 2 is 1.95 bits per heavy atom. The molecule has 1 N–H and O–H groups in total. The number of rotatable bonds is 3. The van der Waals surface area contributed by atoms with Gasteiger partial charge in [0.1, 0.15) is 11.5 Å². The zero-order valence-electron chi connectivity index (χ0n) is 11.3.